The molecule has 0 radical (unpaired) electrons. The van der Waals surface area contributed by atoms with Crippen molar-refractivity contribution >= 4 is 15.7 Å². The van der Waals surface area contributed by atoms with Gasteiger partial charge in [0.15, 0.2) is 5.82 Å². The van der Waals surface area contributed by atoms with Gasteiger partial charge in [0.1, 0.15) is 0 Å². The highest BCUT2D eigenvalue weighted by molar-refractivity contribution is 7.89. The van der Waals surface area contributed by atoms with Gasteiger partial charge < -0.3 is 9.84 Å². The second-order valence-electron chi connectivity index (χ2n) is 5.48. The number of sulfonamides is 1. The van der Waals surface area contributed by atoms with Gasteiger partial charge in [0, 0.05) is 26.2 Å². The van der Waals surface area contributed by atoms with Crippen LogP contribution in [0.4, 0.5) is 5.69 Å². The fourth-order valence-corrected chi connectivity index (χ4v) is 3.19. The van der Waals surface area contributed by atoms with Crippen LogP contribution in [0.5, 0.6) is 0 Å². The van der Waals surface area contributed by atoms with E-state index in [1.54, 1.807) is 19.1 Å². The summed E-state index contributed by atoms with van der Waals surface area (Å²) >= 11 is 0. The Balaban J connectivity index is 2.15. The topological polar surface area (TPSA) is 88.3 Å². The largest absolute Gasteiger partial charge is 0.378 e. The zero-order chi connectivity index (χ0) is 17.0. The smallest absolute Gasteiger partial charge is 0.242 e. The molecule has 0 unspecified atom stereocenters. The monoisotopic (exact) mass is 338 g/mol. The van der Waals surface area contributed by atoms with Crippen molar-refractivity contribution in [3.05, 3.63) is 35.5 Å². The molecule has 0 saturated heterocycles. The molecule has 126 valence electrons. The van der Waals surface area contributed by atoms with Gasteiger partial charge in [0.05, 0.1) is 11.4 Å². The van der Waals surface area contributed by atoms with Crippen LogP contribution in [0.2, 0.25) is 0 Å². The molecule has 0 spiro atoms. The third kappa shape index (κ3) is 4.08. The molecule has 0 aliphatic rings. The molecule has 7 nitrogen and oxygen atoms in total. The van der Waals surface area contributed by atoms with Crippen molar-refractivity contribution in [3.63, 3.8) is 0 Å². The Labute approximate surface area is 136 Å². The van der Waals surface area contributed by atoms with Crippen molar-refractivity contribution in [3.8, 4) is 0 Å². The number of benzene rings is 1. The lowest BCUT2D eigenvalue weighted by Gasteiger charge is -2.15. The first kappa shape index (κ1) is 17.4. The van der Waals surface area contributed by atoms with E-state index < -0.39 is 10.0 Å². The summed E-state index contributed by atoms with van der Waals surface area (Å²) in [7, 11) is -0.438. The molecule has 1 N–H and O–H groups in total. The number of aryl methyl sites for hydroxylation is 2. The Kier molecular flexibility index (Phi) is 5.38. The van der Waals surface area contributed by atoms with E-state index in [4.69, 9.17) is 4.52 Å². The van der Waals surface area contributed by atoms with E-state index in [9.17, 15) is 8.42 Å². The van der Waals surface area contributed by atoms with E-state index in [0.29, 0.717) is 29.5 Å². The van der Waals surface area contributed by atoms with Gasteiger partial charge in [0.25, 0.3) is 0 Å². The molecule has 1 heterocycles. The average molecular weight is 338 g/mol. The maximum absolute atomic E-state index is 12.3. The lowest BCUT2D eigenvalue weighted by Crippen LogP contribution is -2.23. The van der Waals surface area contributed by atoms with Gasteiger partial charge in [-0.05, 0) is 31.0 Å². The van der Waals surface area contributed by atoms with E-state index >= 15 is 0 Å². The minimum Gasteiger partial charge on any atom is -0.378 e. The summed E-state index contributed by atoms with van der Waals surface area (Å²) in [5.74, 6) is 1.16. The van der Waals surface area contributed by atoms with E-state index in [-0.39, 0.29) is 4.90 Å². The van der Waals surface area contributed by atoms with Gasteiger partial charge in [0.2, 0.25) is 15.9 Å². The second kappa shape index (κ2) is 7.10. The molecular formula is C15H22N4O3S. The van der Waals surface area contributed by atoms with Gasteiger partial charge in [-0.15, -0.1) is 0 Å². The fourth-order valence-electron chi connectivity index (χ4n) is 2.04. The maximum atomic E-state index is 12.3. The van der Waals surface area contributed by atoms with Crippen molar-refractivity contribution in [2.24, 2.45) is 0 Å². The standard InChI is InChI=1S/C15H22N4O3S/c1-5-6-15-17-14(18-22-15)10-16-12-8-7-11(2)13(9-12)23(20,21)19(3)4/h7-9,16H,5-6,10H2,1-4H3. The van der Waals surface area contributed by atoms with Crippen molar-refractivity contribution in [2.45, 2.75) is 38.1 Å². The number of aromatic nitrogens is 2. The summed E-state index contributed by atoms with van der Waals surface area (Å²) in [4.78, 5) is 4.55. The third-order valence-electron chi connectivity index (χ3n) is 3.37. The molecule has 0 aliphatic heterocycles. The first-order chi connectivity index (χ1) is 10.8. The summed E-state index contributed by atoms with van der Waals surface area (Å²) in [5.41, 5.74) is 1.40. The summed E-state index contributed by atoms with van der Waals surface area (Å²) in [6, 6.07) is 5.23. The van der Waals surface area contributed by atoms with Crippen molar-refractivity contribution in [2.75, 3.05) is 19.4 Å². The number of anilines is 1. The van der Waals surface area contributed by atoms with Crippen LogP contribution < -0.4 is 5.32 Å². The SMILES string of the molecule is CCCc1nc(CNc2ccc(C)c(S(=O)(=O)N(C)C)c2)no1. The summed E-state index contributed by atoms with van der Waals surface area (Å²) in [5, 5.41) is 7.02. The molecule has 8 heteroatoms. The summed E-state index contributed by atoms with van der Waals surface area (Å²) in [6.45, 7) is 4.19. The van der Waals surface area contributed by atoms with Crippen LogP contribution in [0.1, 0.15) is 30.6 Å². The van der Waals surface area contributed by atoms with E-state index in [2.05, 4.69) is 15.5 Å². The highest BCUT2D eigenvalue weighted by Gasteiger charge is 2.20. The fraction of sp³-hybridized carbons (Fsp3) is 0.467. The van der Waals surface area contributed by atoms with Gasteiger partial charge in [-0.25, -0.2) is 12.7 Å². The molecule has 0 amide bonds. The molecule has 2 rings (SSSR count). The van der Waals surface area contributed by atoms with Crippen molar-refractivity contribution < 1.29 is 12.9 Å². The third-order valence-corrected chi connectivity index (χ3v) is 5.33. The Morgan fingerprint density at radius 1 is 1.30 bits per heavy atom. The molecule has 1 aromatic heterocycles. The minimum absolute atomic E-state index is 0.285. The number of nitrogens with one attached hydrogen (secondary N) is 1. The zero-order valence-electron chi connectivity index (χ0n) is 13.8. The predicted molar refractivity (Wildman–Crippen MR) is 87.7 cm³/mol. The van der Waals surface area contributed by atoms with Crippen molar-refractivity contribution in [1.29, 1.82) is 0 Å². The molecule has 23 heavy (non-hydrogen) atoms. The molecular weight excluding hydrogens is 316 g/mol. The van der Waals surface area contributed by atoms with Gasteiger partial charge >= 0.3 is 0 Å². The average Bonchev–Trinajstić information content (AvgIpc) is 2.94. The van der Waals surface area contributed by atoms with Crippen molar-refractivity contribution in [1.82, 2.24) is 14.4 Å². The number of nitrogens with zero attached hydrogens (tertiary/aromatic N) is 3. The molecule has 0 fully saturated rings. The quantitative estimate of drug-likeness (QED) is 0.832. The summed E-state index contributed by atoms with van der Waals surface area (Å²) < 4.78 is 30.9. The Hall–Kier alpha value is -1.93. The van der Waals surface area contributed by atoms with E-state index in [1.165, 1.54) is 18.4 Å². The van der Waals surface area contributed by atoms with Crippen LogP contribution in [0.25, 0.3) is 0 Å². The molecule has 1 aromatic carbocycles. The number of rotatable bonds is 7. The van der Waals surface area contributed by atoms with Gasteiger partial charge in [-0.3, -0.25) is 0 Å². The molecule has 0 atom stereocenters. The van der Waals surface area contributed by atoms with Crippen LogP contribution in [-0.4, -0.2) is 37.0 Å². The zero-order valence-corrected chi connectivity index (χ0v) is 14.6. The van der Waals surface area contributed by atoms with Crippen LogP contribution in [0.15, 0.2) is 27.6 Å². The predicted octanol–water partition coefficient (Wildman–Crippen LogP) is 2.19. The lowest BCUT2D eigenvalue weighted by atomic mass is 10.2. The van der Waals surface area contributed by atoms with Crippen LogP contribution in [-0.2, 0) is 23.0 Å². The highest BCUT2D eigenvalue weighted by Crippen LogP contribution is 2.22. The normalized spacial score (nSPS) is 11.9. The number of hydrogen-bond acceptors (Lipinski definition) is 6. The van der Waals surface area contributed by atoms with Crippen LogP contribution in [0.3, 0.4) is 0 Å². The Bertz CT molecular complexity index is 769. The van der Waals surface area contributed by atoms with Crippen LogP contribution >= 0.6 is 0 Å². The first-order valence-corrected chi connectivity index (χ1v) is 8.87. The van der Waals surface area contributed by atoms with E-state index in [1.807, 2.05) is 13.0 Å². The van der Waals surface area contributed by atoms with Crippen LogP contribution in [0, 0.1) is 6.92 Å². The highest BCUT2D eigenvalue weighted by atomic mass is 32.2. The Morgan fingerprint density at radius 2 is 2.04 bits per heavy atom. The van der Waals surface area contributed by atoms with Gasteiger partial charge in [-0.1, -0.05) is 18.1 Å². The van der Waals surface area contributed by atoms with E-state index in [0.717, 1.165) is 12.8 Å². The number of hydrogen-bond donors (Lipinski definition) is 1. The second-order valence-corrected chi connectivity index (χ2v) is 7.60. The minimum atomic E-state index is -3.47. The molecule has 2 aromatic rings. The molecule has 0 bridgehead atoms. The lowest BCUT2D eigenvalue weighted by molar-refractivity contribution is 0.372. The maximum Gasteiger partial charge on any atom is 0.242 e. The Morgan fingerprint density at radius 3 is 2.70 bits per heavy atom. The first-order valence-electron chi connectivity index (χ1n) is 7.43. The molecule has 0 aliphatic carbocycles. The summed E-state index contributed by atoms with van der Waals surface area (Å²) in [6.07, 6.45) is 1.70. The molecule has 0 saturated carbocycles. The van der Waals surface area contributed by atoms with Gasteiger partial charge in [-0.2, -0.15) is 4.98 Å².